The van der Waals surface area contributed by atoms with E-state index in [1.165, 1.54) is 0 Å². The van der Waals surface area contributed by atoms with Gasteiger partial charge in [-0.1, -0.05) is 13.8 Å². The summed E-state index contributed by atoms with van der Waals surface area (Å²) < 4.78 is 1.80. The summed E-state index contributed by atoms with van der Waals surface area (Å²) >= 11 is 0. The second-order valence-electron chi connectivity index (χ2n) is 5.30. The predicted molar refractivity (Wildman–Crippen MR) is 77.9 cm³/mol. The van der Waals surface area contributed by atoms with Gasteiger partial charge in [-0.05, 0) is 24.9 Å². The van der Waals surface area contributed by atoms with E-state index in [0.717, 1.165) is 25.2 Å². The number of aromatic nitrogens is 2. The largest absolute Gasteiger partial charge is 0.336 e. The van der Waals surface area contributed by atoms with E-state index >= 15 is 0 Å². The average Bonchev–Trinajstić information content (AvgIpc) is 2.95. The first kappa shape index (κ1) is 16.0. The minimum atomic E-state index is 0. The highest BCUT2D eigenvalue weighted by molar-refractivity contribution is 5.92. The van der Waals surface area contributed by atoms with Crippen LogP contribution in [0.1, 0.15) is 42.4 Å². The summed E-state index contributed by atoms with van der Waals surface area (Å²) in [7, 11) is 3.76. The fourth-order valence-corrected chi connectivity index (χ4v) is 2.44. The number of rotatable bonds is 3. The van der Waals surface area contributed by atoms with E-state index in [2.05, 4.69) is 24.3 Å². The molecular formula is C13H23ClN4O. The summed E-state index contributed by atoms with van der Waals surface area (Å²) in [6.45, 7) is 6.08. The highest BCUT2D eigenvalue weighted by Gasteiger charge is 2.26. The van der Waals surface area contributed by atoms with Gasteiger partial charge in [-0.3, -0.25) is 9.48 Å². The molecule has 1 fully saturated rings. The average molecular weight is 287 g/mol. The molecule has 2 heterocycles. The Balaban J connectivity index is 0.00000180. The fourth-order valence-electron chi connectivity index (χ4n) is 2.44. The van der Waals surface area contributed by atoms with Crippen LogP contribution in [0.3, 0.4) is 0 Å². The van der Waals surface area contributed by atoms with Gasteiger partial charge in [-0.2, -0.15) is 5.10 Å². The van der Waals surface area contributed by atoms with E-state index < -0.39 is 0 Å². The molecule has 0 radical (unpaired) electrons. The maximum Gasteiger partial charge on any atom is 0.274 e. The third kappa shape index (κ3) is 3.28. The number of halogens is 1. The van der Waals surface area contributed by atoms with Crippen molar-refractivity contribution in [3.8, 4) is 0 Å². The van der Waals surface area contributed by atoms with Crippen molar-refractivity contribution in [2.45, 2.75) is 32.2 Å². The topological polar surface area (TPSA) is 50.2 Å². The van der Waals surface area contributed by atoms with Crippen LogP contribution < -0.4 is 5.32 Å². The van der Waals surface area contributed by atoms with Crippen molar-refractivity contribution in [2.75, 3.05) is 20.1 Å². The summed E-state index contributed by atoms with van der Waals surface area (Å²) in [5.74, 6) is 0.397. The number of nitrogens with zero attached hydrogens (tertiary/aromatic N) is 3. The molecule has 1 saturated heterocycles. The van der Waals surface area contributed by atoms with Crippen LogP contribution in [-0.4, -0.2) is 46.8 Å². The molecule has 1 aliphatic heterocycles. The lowest BCUT2D eigenvalue weighted by atomic mass is 10.1. The maximum absolute atomic E-state index is 12.3. The zero-order valence-electron chi connectivity index (χ0n) is 12.0. The zero-order valence-corrected chi connectivity index (χ0v) is 12.8. The van der Waals surface area contributed by atoms with Crippen LogP contribution in [0.15, 0.2) is 6.07 Å². The second-order valence-corrected chi connectivity index (χ2v) is 5.30. The van der Waals surface area contributed by atoms with Gasteiger partial charge in [0.25, 0.3) is 5.91 Å². The first-order valence-corrected chi connectivity index (χ1v) is 6.52. The molecule has 6 heteroatoms. The first-order chi connectivity index (χ1) is 8.50. The third-order valence-corrected chi connectivity index (χ3v) is 3.63. The lowest BCUT2D eigenvalue weighted by Gasteiger charge is -2.22. The molecule has 1 N–H and O–H groups in total. The molecule has 19 heavy (non-hydrogen) atoms. The first-order valence-electron chi connectivity index (χ1n) is 6.52. The molecule has 0 aromatic carbocycles. The molecule has 1 amide bonds. The van der Waals surface area contributed by atoms with E-state index in [0.29, 0.717) is 17.7 Å². The van der Waals surface area contributed by atoms with E-state index in [4.69, 9.17) is 0 Å². The van der Waals surface area contributed by atoms with Gasteiger partial charge in [-0.25, -0.2) is 0 Å². The molecule has 1 atom stereocenters. The van der Waals surface area contributed by atoms with Crippen LogP contribution in [-0.2, 0) is 7.05 Å². The molecule has 1 aromatic heterocycles. The van der Waals surface area contributed by atoms with Crippen LogP contribution >= 0.6 is 12.4 Å². The Kier molecular flexibility index (Phi) is 5.38. The van der Waals surface area contributed by atoms with Crippen molar-refractivity contribution in [3.63, 3.8) is 0 Å². The van der Waals surface area contributed by atoms with Crippen LogP contribution in [0.2, 0.25) is 0 Å². The van der Waals surface area contributed by atoms with Gasteiger partial charge in [0.1, 0.15) is 0 Å². The fraction of sp³-hybridized carbons (Fsp3) is 0.692. The van der Waals surface area contributed by atoms with Crippen molar-refractivity contribution >= 4 is 18.3 Å². The Labute approximate surface area is 120 Å². The highest BCUT2D eigenvalue weighted by Crippen LogP contribution is 2.17. The lowest BCUT2D eigenvalue weighted by molar-refractivity contribution is 0.0737. The number of hydrogen-bond donors (Lipinski definition) is 1. The number of aryl methyl sites for hydroxylation is 1. The SMILES string of the molecule is CC(C)c1cc(C(=O)N(C)C2CCNC2)nn1C.Cl. The van der Waals surface area contributed by atoms with Gasteiger partial charge in [0, 0.05) is 32.4 Å². The van der Waals surface area contributed by atoms with Crippen molar-refractivity contribution in [1.82, 2.24) is 20.0 Å². The number of amides is 1. The van der Waals surface area contributed by atoms with Gasteiger partial charge in [0.15, 0.2) is 5.69 Å². The Morgan fingerprint density at radius 1 is 1.58 bits per heavy atom. The van der Waals surface area contributed by atoms with E-state index in [1.807, 2.05) is 25.1 Å². The second kappa shape index (κ2) is 6.39. The molecule has 0 saturated carbocycles. The van der Waals surface area contributed by atoms with E-state index in [1.54, 1.807) is 4.68 Å². The maximum atomic E-state index is 12.3. The number of nitrogens with one attached hydrogen (secondary N) is 1. The zero-order chi connectivity index (χ0) is 13.3. The lowest BCUT2D eigenvalue weighted by Crippen LogP contribution is -2.38. The molecule has 1 unspecified atom stereocenters. The smallest absolute Gasteiger partial charge is 0.274 e. The Hall–Kier alpha value is -1.07. The number of hydrogen-bond acceptors (Lipinski definition) is 3. The summed E-state index contributed by atoms with van der Waals surface area (Å²) in [5, 5.41) is 7.60. The van der Waals surface area contributed by atoms with Crippen molar-refractivity contribution in [3.05, 3.63) is 17.5 Å². The minimum Gasteiger partial charge on any atom is -0.336 e. The molecule has 0 spiro atoms. The molecule has 1 aliphatic rings. The van der Waals surface area contributed by atoms with Crippen LogP contribution in [0, 0.1) is 0 Å². The Bertz CT molecular complexity index is 438. The van der Waals surface area contributed by atoms with Gasteiger partial charge < -0.3 is 10.2 Å². The monoisotopic (exact) mass is 286 g/mol. The summed E-state index contributed by atoms with van der Waals surface area (Å²) in [6, 6.07) is 2.20. The minimum absolute atomic E-state index is 0. The Morgan fingerprint density at radius 3 is 2.74 bits per heavy atom. The number of likely N-dealkylation sites (N-methyl/N-ethyl adjacent to an activating group) is 1. The third-order valence-electron chi connectivity index (χ3n) is 3.63. The molecule has 0 bridgehead atoms. The molecular weight excluding hydrogens is 264 g/mol. The summed E-state index contributed by atoms with van der Waals surface area (Å²) in [6.07, 6.45) is 1.02. The standard InChI is InChI=1S/C13H22N4O.ClH/c1-9(2)12-7-11(15-17(12)4)13(18)16(3)10-5-6-14-8-10;/h7,9-10,14H,5-6,8H2,1-4H3;1H. The molecule has 108 valence electrons. The van der Waals surface area contributed by atoms with Gasteiger partial charge >= 0.3 is 0 Å². The molecule has 5 nitrogen and oxygen atoms in total. The normalized spacial score (nSPS) is 18.5. The van der Waals surface area contributed by atoms with Gasteiger partial charge in [-0.15, -0.1) is 12.4 Å². The van der Waals surface area contributed by atoms with Crippen molar-refractivity contribution in [1.29, 1.82) is 0 Å². The van der Waals surface area contributed by atoms with Crippen LogP contribution in [0.25, 0.3) is 0 Å². The van der Waals surface area contributed by atoms with Gasteiger partial charge in [0.2, 0.25) is 0 Å². The van der Waals surface area contributed by atoms with Gasteiger partial charge in [0.05, 0.1) is 0 Å². The Morgan fingerprint density at radius 2 is 2.26 bits per heavy atom. The van der Waals surface area contributed by atoms with Crippen LogP contribution in [0.4, 0.5) is 0 Å². The highest BCUT2D eigenvalue weighted by atomic mass is 35.5. The molecule has 0 aliphatic carbocycles. The molecule has 2 rings (SSSR count). The number of carbonyl (C=O) groups excluding carboxylic acids is 1. The number of carbonyl (C=O) groups is 1. The summed E-state index contributed by atoms with van der Waals surface area (Å²) in [5.41, 5.74) is 1.65. The van der Waals surface area contributed by atoms with Crippen LogP contribution in [0.5, 0.6) is 0 Å². The van der Waals surface area contributed by atoms with E-state index in [-0.39, 0.29) is 18.3 Å². The van der Waals surface area contributed by atoms with Crippen molar-refractivity contribution < 1.29 is 4.79 Å². The molecule has 1 aromatic rings. The predicted octanol–water partition coefficient (Wildman–Crippen LogP) is 1.40. The van der Waals surface area contributed by atoms with Crippen molar-refractivity contribution in [2.24, 2.45) is 7.05 Å². The van der Waals surface area contributed by atoms with E-state index in [9.17, 15) is 4.79 Å². The quantitative estimate of drug-likeness (QED) is 0.914. The summed E-state index contributed by atoms with van der Waals surface area (Å²) in [4.78, 5) is 14.2.